The molecule has 1 N–H and O–H groups in total. The van der Waals surface area contributed by atoms with Gasteiger partial charge in [-0.2, -0.15) is 0 Å². The Morgan fingerprint density at radius 1 is 1.35 bits per heavy atom. The van der Waals surface area contributed by atoms with Crippen molar-refractivity contribution in [1.29, 1.82) is 0 Å². The van der Waals surface area contributed by atoms with Gasteiger partial charge in [0.25, 0.3) is 0 Å². The standard InChI is InChI=1S/C14H15NO4S/c16-13(15-5-6-19-7-11(15)14(17)18)10-8-20-12-4-2-1-3-9(10)12/h1-4,10-11H,5-8H2,(H,17,18)/t10-,11-/m0/s1. The van der Waals surface area contributed by atoms with Gasteiger partial charge in [-0.3, -0.25) is 4.79 Å². The number of amides is 1. The highest BCUT2D eigenvalue weighted by Gasteiger charge is 2.38. The average Bonchev–Trinajstić information content (AvgIpc) is 2.90. The number of aliphatic carboxylic acids is 1. The number of carboxylic acid groups (broad SMARTS) is 1. The lowest BCUT2D eigenvalue weighted by atomic mass is 9.99. The summed E-state index contributed by atoms with van der Waals surface area (Å²) in [6.45, 7) is 0.818. The summed E-state index contributed by atoms with van der Waals surface area (Å²) >= 11 is 1.65. The molecule has 6 heteroatoms. The Bertz CT molecular complexity index is 548. The van der Waals surface area contributed by atoms with Gasteiger partial charge in [-0.1, -0.05) is 18.2 Å². The molecule has 1 fully saturated rings. The zero-order chi connectivity index (χ0) is 14.1. The molecule has 2 aliphatic heterocycles. The lowest BCUT2D eigenvalue weighted by Gasteiger charge is -2.34. The monoisotopic (exact) mass is 293 g/mol. The minimum atomic E-state index is -1.00. The number of morpholine rings is 1. The van der Waals surface area contributed by atoms with Gasteiger partial charge in [-0.25, -0.2) is 4.79 Å². The van der Waals surface area contributed by atoms with Crippen molar-refractivity contribution < 1.29 is 19.4 Å². The number of rotatable bonds is 2. The van der Waals surface area contributed by atoms with Crippen molar-refractivity contribution >= 4 is 23.6 Å². The number of carbonyl (C=O) groups excluding carboxylic acids is 1. The fourth-order valence-corrected chi connectivity index (χ4v) is 3.86. The van der Waals surface area contributed by atoms with Crippen LogP contribution in [0.3, 0.4) is 0 Å². The van der Waals surface area contributed by atoms with Gasteiger partial charge in [0.2, 0.25) is 5.91 Å². The van der Waals surface area contributed by atoms with E-state index < -0.39 is 12.0 Å². The van der Waals surface area contributed by atoms with Gasteiger partial charge in [0, 0.05) is 17.2 Å². The van der Waals surface area contributed by atoms with E-state index in [4.69, 9.17) is 4.74 Å². The molecule has 1 aromatic rings. The van der Waals surface area contributed by atoms with Crippen molar-refractivity contribution in [3.05, 3.63) is 29.8 Å². The van der Waals surface area contributed by atoms with Gasteiger partial charge in [-0.05, 0) is 11.6 Å². The maximum Gasteiger partial charge on any atom is 0.328 e. The van der Waals surface area contributed by atoms with Crippen molar-refractivity contribution in [2.75, 3.05) is 25.5 Å². The zero-order valence-electron chi connectivity index (χ0n) is 10.8. The van der Waals surface area contributed by atoms with Crippen molar-refractivity contribution in [3.63, 3.8) is 0 Å². The zero-order valence-corrected chi connectivity index (χ0v) is 11.6. The Morgan fingerprint density at radius 3 is 2.95 bits per heavy atom. The average molecular weight is 293 g/mol. The van der Waals surface area contributed by atoms with Crippen LogP contribution in [-0.2, 0) is 14.3 Å². The molecule has 0 unspecified atom stereocenters. The topological polar surface area (TPSA) is 66.8 Å². The Labute approximate surface area is 120 Å². The number of hydrogen-bond donors (Lipinski definition) is 1. The van der Waals surface area contributed by atoms with Crippen molar-refractivity contribution in [2.24, 2.45) is 0 Å². The van der Waals surface area contributed by atoms with Gasteiger partial charge in [0.15, 0.2) is 6.04 Å². The second kappa shape index (κ2) is 5.46. The molecule has 0 aromatic heterocycles. The lowest BCUT2D eigenvalue weighted by Crippen LogP contribution is -2.53. The third-order valence-corrected chi connectivity index (χ3v) is 4.88. The number of ether oxygens (including phenoxy) is 1. The normalized spacial score (nSPS) is 25.3. The summed E-state index contributed by atoms with van der Waals surface area (Å²) in [7, 11) is 0. The number of benzene rings is 1. The van der Waals surface area contributed by atoms with E-state index >= 15 is 0 Å². The molecule has 2 heterocycles. The molecule has 0 bridgehead atoms. The number of carbonyl (C=O) groups is 2. The molecule has 0 saturated carbocycles. The maximum absolute atomic E-state index is 12.7. The van der Waals surface area contributed by atoms with Gasteiger partial charge in [-0.15, -0.1) is 11.8 Å². The predicted octanol–water partition coefficient (Wildman–Crippen LogP) is 1.19. The number of nitrogens with zero attached hydrogens (tertiary/aromatic N) is 1. The first kappa shape index (κ1) is 13.5. The molecule has 1 aromatic carbocycles. The summed E-state index contributed by atoms with van der Waals surface area (Å²) in [6, 6.07) is 6.95. The Kier molecular flexibility index (Phi) is 3.67. The summed E-state index contributed by atoms with van der Waals surface area (Å²) < 4.78 is 5.18. The van der Waals surface area contributed by atoms with Crippen LogP contribution in [0.2, 0.25) is 0 Å². The first-order valence-corrected chi connectivity index (χ1v) is 7.50. The fraction of sp³-hybridized carbons (Fsp3) is 0.429. The third-order valence-electron chi connectivity index (χ3n) is 3.69. The molecule has 2 atom stereocenters. The second-order valence-electron chi connectivity index (χ2n) is 4.86. The van der Waals surface area contributed by atoms with E-state index in [0.29, 0.717) is 18.9 Å². The fourth-order valence-electron chi connectivity index (χ4n) is 2.64. The summed E-state index contributed by atoms with van der Waals surface area (Å²) in [4.78, 5) is 26.5. The highest BCUT2D eigenvalue weighted by molar-refractivity contribution is 7.99. The van der Waals surface area contributed by atoms with Crippen LogP contribution >= 0.6 is 11.8 Å². The van der Waals surface area contributed by atoms with E-state index in [9.17, 15) is 14.7 Å². The minimum Gasteiger partial charge on any atom is -0.480 e. The molecule has 3 rings (SSSR count). The maximum atomic E-state index is 12.7. The van der Waals surface area contributed by atoms with Crippen LogP contribution in [0.25, 0.3) is 0 Å². The van der Waals surface area contributed by atoms with Crippen molar-refractivity contribution in [3.8, 4) is 0 Å². The Balaban J connectivity index is 1.84. The smallest absolute Gasteiger partial charge is 0.328 e. The van der Waals surface area contributed by atoms with Gasteiger partial charge < -0.3 is 14.7 Å². The van der Waals surface area contributed by atoms with Crippen LogP contribution in [0.1, 0.15) is 11.5 Å². The van der Waals surface area contributed by atoms with E-state index in [2.05, 4.69) is 0 Å². The van der Waals surface area contributed by atoms with Gasteiger partial charge >= 0.3 is 5.97 Å². The van der Waals surface area contributed by atoms with Gasteiger partial charge in [0.1, 0.15) is 0 Å². The number of fused-ring (bicyclic) bond motifs is 1. The molecule has 0 spiro atoms. The molecule has 0 radical (unpaired) electrons. The quantitative estimate of drug-likeness (QED) is 0.887. The molecule has 5 nitrogen and oxygen atoms in total. The first-order valence-electron chi connectivity index (χ1n) is 6.51. The molecule has 20 heavy (non-hydrogen) atoms. The van der Waals surface area contributed by atoms with Crippen LogP contribution in [0.15, 0.2) is 29.2 Å². The number of carboxylic acids is 1. The third kappa shape index (κ3) is 2.29. The van der Waals surface area contributed by atoms with Crippen molar-refractivity contribution in [2.45, 2.75) is 16.9 Å². The first-order chi connectivity index (χ1) is 9.68. The van der Waals surface area contributed by atoms with Crippen LogP contribution in [0.5, 0.6) is 0 Å². The van der Waals surface area contributed by atoms with E-state index in [1.54, 1.807) is 11.8 Å². The molecular weight excluding hydrogens is 278 g/mol. The predicted molar refractivity (Wildman–Crippen MR) is 73.9 cm³/mol. The molecule has 0 aliphatic carbocycles. The largest absolute Gasteiger partial charge is 0.480 e. The van der Waals surface area contributed by atoms with Crippen LogP contribution < -0.4 is 0 Å². The molecule has 1 amide bonds. The van der Waals surface area contributed by atoms with E-state index in [1.165, 1.54) is 4.90 Å². The lowest BCUT2D eigenvalue weighted by molar-refractivity contribution is -0.158. The van der Waals surface area contributed by atoms with Crippen molar-refractivity contribution in [1.82, 2.24) is 4.90 Å². The molecule has 1 saturated heterocycles. The van der Waals surface area contributed by atoms with Crippen LogP contribution in [0, 0.1) is 0 Å². The summed E-state index contributed by atoms with van der Waals surface area (Å²) in [5.74, 6) is -0.659. The summed E-state index contributed by atoms with van der Waals surface area (Å²) in [5.41, 5.74) is 1.01. The SMILES string of the molecule is O=C(O)[C@@H]1COCCN1C(=O)[C@H]1CSc2ccccc21. The highest BCUT2D eigenvalue weighted by Crippen LogP contribution is 2.40. The van der Waals surface area contributed by atoms with E-state index in [0.717, 1.165) is 10.5 Å². The number of thioether (sulfide) groups is 1. The molecular formula is C14H15NO4S. The Hall–Kier alpha value is -1.53. The summed E-state index contributed by atoms with van der Waals surface area (Å²) in [5, 5.41) is 9.22. The Morgan fingerprint density at radius 2 is 2.15 bits per heavy atom. The highest BCUT2D eigenvalue weighted by atomic mass is 32.2. The molecule has 106 valence electrons. The number of hydrogen-bond acceptors (Lipinski definition) is 4. The van der Waals surface area contributed by atoms with E-state index in [-0.39, 0.29) is 18.4 Å². The van der Waals surface area contributed by atoms with E-state index in [1.807, 2.05) is 24.3 Å². The summed E-state index contributed by atoms with van der Waals surface area (Å²) in [6.07, 6.45) is 0. The van der Waals surface area contributed by atoms with Crippen LogP contribution in [0.4, 0.5) is 0 Å². The van der Waals surface area contributed by atoms with Crippen LogP contribution in [-0.4, -0.2) is 53.4 Å². The molecule has 2 aliphatic rings. The van der Waals surface area contributed by atoms with Gasteiger partial charge in [0.05, 0.1) is 19.1 Å². The second-order valence-corrected chi connectivity index (χ2v) is 5.92. The minimum absolute atomic E-state index is 0.0720.